The van der Waals surface area contributed by atoms with E-state index in [1.165, 1.54) is 26.5 Å². The molecule has 1 aromatic heterocycles. The van der Waals surface area contributed by atoms with Gasteiger partial charge in [-0.05, 0) is 30.3 Å². The van der Waals surface area contributed by atoms with Crippen molar-refractivity contribution < 1.29 is 24.2 Å². The first-order valence-electron chi connectivity index (χ1n) is 9.50. The van der Waals surface area contributed by atoms with E-state index in [2.05, 4.69) is 15.7 Å². The number of methoxy groups -OCH3 is 2. The highest BCUT2D eigenvalue weighted by molar-refractivity contribution is 6.32. The smallest absolute Gasteiger partial charge is 0.352 e. The van der Waals surface area contributed by atoms with Gasteiger partial charge in [0.05, 0.1) is 25.4 Å². The van der Waals surface area contributed by atoms with Gasteiger partial charge < -0.3 is 25.2 Å². The number of halogens is 1. The first-order valence-corrected chi connectivity index (χ1v) is 9.88. The van der Waals surface area contributed by atoms with Crippen LogP contribution in [0.1, 0.15) is 22.0 Å². The third kappa shape index (κ3) is 3.85. The zero-order chi connectivity index (χ0) is 22.8. The quantitative estimate of drug-likeness (QED) is 0.519. The Labute approximate surface area is 188 Å². The molecule has 164 valence electrons. The number of nitrogens with zero attached hydrogens (tertiary/aromatic N) is 2. The van der Waals surface area contributed by atoms with Crippen LogP contribution in [0.2, 0.25) is 5.02 Å². The van der Waals surface area contributed by atoms with Crippen molar-refractivity contribution in [2.75, 3.05) is 24.9 Å². The third-order valence-electron chi connectivity index (χ3n) is 4.98. The molecule has 1 aliphatic heterocycles. The van der Waals surface area contributed by atoms with Crippen LogP contribution < -0.4 is 20.1 Å². The monoisotopic (exact) mass is 454 g/mol. The van der Waals surface area contributed by atoms with E-state index in [1.54, 1.807) is 28.9 Å². The van der Waals surface area contributed by atoms with E-state index in [0.717, 1.165) is 0 Å². The number of ether oxygens (including phenoxy) is 2. The summed E-state index contributed by atoms with van der Waals surface area (Å²) in [5.74, 6) is -0.347. The summed E-state index contributed by atoms with van der Waals surface area (Å²) in [6.07, 6.45) is 2.90. The average molecular weight is 455 g/mol. The van der Waals surface area contributed by atoms with Gasteiger partial charge in [0.15, 0.2) is 0 Å². The van der Waals surface area contributed by atoms with Crippen LogP contribution in [0.25, 0.3) is 0 Å². The van der Waals surface area contributed by atoms with Crippen molar-refractivity contribution in [3.8, 4) is 11.5 Å². The maximum absolute atomic E-state index is 13.0. The number of carboxylic acids is 1. The molecule has 0 fully saturated rings. The number of aliphatic carboxylic acids is 1. The highest BCUT2D eigenvalue weighted by atomic mass is 35.5. The molecule has 3 aromatic rings. The fourth-order valence-corrected chi connectivity index (χ4v) is 3.72. The number of hydrogen-bond donors (Lipinski definition) is 3. The Morgan fingerprint density at radius 3 is 2.59 bits per heavy atom. The molecule has 1 aliphatic rings. The third-order valence-corrected chi connectivity index (χ3v) is 5.27. The normalized spacial score (nSPS) is 14.6. The summed E-state index contributed by atoms with van der Waals surface area (Å²) in [6, 6.07) is 11.5. The van der Waals surface area contributed by atoms with Crippen molar-refractivity contribution in [2.45, 2.75) is 6.04 Å². The van der Waals surface area contributed by atoms with Crippen LogP contribution in [-0.4, -0.2) is 41.0 Å². The number of carbonyl (C=O) groups is 2. The van der Waals surface area contributed by atoms with Crippen molar-refractivity contribution in [2.24, 2.45) is 0 Å². The average Bonchev–Trinajstić information content (AvgIpc) is 3.23. The predicted molar refractivity (Wildman–Crippen MR) is 119 cm³/mol. The van der Waals surface area contributed by atoms with Gasteiger partial charge in [0, 0.05) is 11.3 Å². The number of carbonyl (C=O) groups excluding carboxylic acids is 1. The van der Waals surface area contributed by atoms with Gasteiger partial charge in [0.25, 0.3) is 5.91 Å². The van der Waals surface area contributed by atoms with Gasteiger partial charge in [-0.25, -0.2) is 9.48 Å². The van der Waals surface area contributed by atoms with Gasteiger partial charge >= 0.3 is 5.97 Å². The molecule has 1 atom stereocenters. The molecular formula is C22H19ClN4O5. The van der Waals surface area contributed by atoms with Gasteiger partial charge in [-0.3, -0.25) is 4.79 Å². The second-order valence-corrected chi connectivity index (χ2v) is 7.26. The molecule has 4 rings (SSSR count). The van der Waals surface area contributed by atoms with Crippen LogP contribution >= 0.6 is 11.6 Å². The molecule has 0 radical (unpaired) electrons. The molecule has 0 unspecified atom stereocenters. The number of aromatic nitrogens is 2. The van der Waals surface area contributed by atoms with Gasteiger partial charge in [0.2, 0.25) is 0 Å². The topological polar surface area (TPSA) is 115 Å². The standard InChI is InChI=1S/C22H19ClN4O5/c1-31-18-6-4-3-5-13(18)17-10-16(22(29)30)26-20-14(11-24-27(17)20)21(28)25-12-7-8-19(32-2)15(23)9-12/h3-11,17,26H,1-2H3,(H,25,28)(H,29,30)/t17-/m1/s1. The van der Waals surface area contributed by atoms with Crippen LogP contribution in [0.4, 0.5) is 11.5 Å². The van der Waals surface area contributed by atoms with E-state index >= 15 is 0 Å². The van der Waals surface area contributed by atoms with E-state index < -0.39 is 17.9 Å². The van der Waals surface area contributed by atoms with Crippen LogP contribution in [0, 0.1) is 0 Å². The van der Waals surface area contributed by atoms with E-state index in [4.69, 9.17) is 21.1 Å². The lowest BCUT2D eigenvalue weighted by Crippen LogP contribution is -2.26. The summed E-state index contributed by atoms with van der Waals surface area (Å²) in [6.45, 7) is 0. The maximum atomic E-state index is 13.0. The Hall–Kier alpha value is -3.98. The summed E-state index contributed by atoms with van der Waals surface area (Å²) in [7, 11) is 3.03. The molecule has 3 N–H and O–H groups in total. The number of anilines is 2. The largest absolute Gasteiger partial charge is 0.496 e. The fourth-order valence-electron chi connectivity index (χ4n) is 3.46. The van der Waals surface area contributed by atoms with Crippen LogP contribution in [0.15, 0.2) is 60.4 Å². The summed E-state index contributed by atoms with van der Waals surface area (Å²) in [5, 5.41) is 19.8. The Balaban J connectivity index is 1.71. The first-order chi connectivity index (χ1) is 15.4. The van der Waals surface area contributed by atoms with E-state index in [-0.39, 0.29) is 17.1 Å². The molecule has 0 saturated carbocycles. The molecule has 10 heteroatoms. The molecule has 0 aliphatic carbocycles. The van der Waals surface area contributed by atoms with Crippen molar-refractivity contribution >= 4 is 35.0 Å². The lowest BCUT2D eigenvalue weighted by molar-refractivity contribution is -0.132. The molecule has 1 amide bonds. The summed E-state index contributed by atoms with van der Waals surface area (Å²) >= 11 is 6.13. The van der Waals surface area contributed by atoms with Crippen LogP contribution in [0.3, 0.4) is 0 Å². The number of rotatable bonds is 6. The highest BCUT2D eigenvalue weighted by Crippen LogP contribution is 2.36. The maximum Gasteiger partial charge on any atom is 0.352 e. The van der Waals surface area contributed by atoms with E-state index in [1.807, 2.05) is 18.2 Å². The van der Waals surface area contributed by atoms with Crippen LogP contribution in [0.5, 0.6) is 11.5 Å². The lowest BCUT2D eigenvalue weighted by atomic mass is 10.0. The zero-order valence-electron chi connectivity index (χ0n) is 17.1. The number of allylic oxidation sites excluding steroid dienone is 1. The van der Waals surface area contributed by atoms with Gasteiger partial charge in [0.1, 0.15) is 34.6 Å². The predicted octanol–water partition coefficient (Wildman–Crippen LogP) is 3.79. The Kier molecular flexibility index (Phi) is 5.74. The van der Waals surface area contributed by atoms with Crippen molar-refractivity contribution in [1.82, 2.24) is 9.78 Å². The van der Waals surface area contributed by atoms with E-state index in [0.29, 0.717) is 27.8 Å². The molecule has 0 saturated heterocycles. The second kappa shape index (κ2) is 8.64. The Morgan fingerprint density at radius 1 is 1.16 bits per heavy atom. The van der Waals surface area contributed by atoms with Gasteiger partial charge in [-0.15, -0.1) is 0 Å². The Morgan fingerprint density at radius 2 is 1.91 bits per heavy atom. The number of amides is 1. The fraction of sp³-hybridized carbons (Fsp3) is 0.136. The van der Waals surface area contributed by atoms with Crippen molar-refractivity contribution in [3.63, 3.8) is 0 Å². The summed E-state index contributed by atoms with van der Waals surface area (Å²) < 4.78 is 12.1. The molecule has 0 bridgehead atoms. The molecule has 2 aromatic carbocycles. The number of nitrogens with one attached hydrogen (secondary N) is 2. The number of benzene rings is 2. The van der Waals surface area contributed by atoms with Crippen LogP contribution in [-0.2, 0) is 4.79 Å². The first kappa shape index (κ1) is 21.3. The molecule has 9 nitrogen and oxygen atoms in total. The van der Waals surface area contributed by atoms with Crippen molar-refractivity contribution in [1.29, 1.82) is 0 Å². The van der Waals surface area contributed by atoms with Crippen molar-refractivity contribution in [3.05, 3.63) is 76.6 Å². The molecule has 2 heterocycles. The lowest BCUT2D eigenvalue weighted by Gasteiger charge is -2.25. The summed E-state index contributed by atoms with van der Waals surface area (Å²) in [5.41, 5.74) is 1.25. The Bertz CT molecular complexity index is 1240. The molecule has 0 spiro atoms. The molecule has 32 heavy (non-hydrogen) atoms. The molecular weight excluding hydrogens is 436 g/mol. The van der Waals surface area contributed by atoms with E-state index in [9.17, 15) is 14.7 Å². The summed E-state index contributed by atoms with van der Waals surface area (Å²) in [4.78, 5) is 24.8. The minimum Gasteiger partial charge on any atom is -0.496 e. The minimum atomic E-state index is -1.16. The van der Waals surface area contributed by atoms with Gasteiger partial charge in [-0.1, -0.05) is 29.8 Å². The number of carboxylic acid groups (broad SMARTS) is 1. The number of hydrogen-bond acceptors (Lipinski definition) is 6. The zero-order valence-corrected chi connectivity index (χ0v) is 17.9. The number of fused-ring (bicyclic) bond motifs is 1. The minimum absolute atomic E-state index is 0.0737. The highest BCUT2D eigenvalue weighted by Gasteiger charge is 2.30. The SMILES string of the molecule is COc1ccc(NC(=O)c2cnn3c2NC(C(=O)O)=C[C@@H]3c2ccccc2OC)cc1Cl. The second-order valence-electron chi connectivity index (χ2n) is 6.85. The number of para-hydroxylation sites is 1. The van der Waals surface area contributed by atoms with Gasteiger partial charge in [-0.2, -0.15) is 5.10 Å².